The molecular formula is C12H14O3. The van der Waals surface area contributed by atoms with Gasteiger partial charge in [0.1, 0.15) is 0 Å². The first kappa shape index (κ1) is 10.2. The molecule has 0 spiro atoms. The maximum absolute atomic E-state index is 10.6. The lowest BCUT2D eigenvalue weighted by atomic mass is 10.0. The van der Waals surface area contributed by atoms with Crippen LogP contribution in [0.25, 0.3) is 0 Å². The fourth-order valence-electron chi connectivity index (χ4n) is 1.67. The fourth-order valence-corrected chi connectivity index (χ4v) is 1.67. The Morgan fingerprint density at radius 3 is 2.40 bits per heavy atom. The number of carboxylic acid groups (broad SMARTS) is 1. The lowest BCUT2D eigenvalue weighted by molar-refractivity contribution is 0.0697. The van der Waals surface area contributed by atoms with E-state index in [4.69, 9.17) is 5.11 Å². The van der Waals surface area contributed by atoms with Crippen LogP contribution in [0.5, 0.6) is 0 Å². The predicted molar refractivity (Wildman–Crippen MR) is 55.8 cm³/mol. The Kier molecular flexibility index (Phi) is 2.73. The summed E-state index contributed by atoms with van der Waals surface area (Å²) in [6.45, 7) is 0. The average Bonchev–Trinajstić information content (AvgIpc) is 3.01. The van der Waals surface area contributed by atoms with E-state index >= 15 is 0 Å². The van der Waals surface area contributed by atoms with Crippen LogP contribution in [0.4, 0.5) is 0 Å². The number of hydrogen-bond donors (Lipinski definition) is 2. The molecule has 1 atom stereocenters. The zero-order chi connectivity index (χ0) is 10.8. The maximum atomic E-state index is 10.6. The number of rotatable bonds is 4. The number of aliphatic hydroxyl groups excluding tert-OH is 1. The van der Waals surface area contributed by atoms with Crippen molar-refractivity contribution in [2.45, 2.75) is 25.4 Å². The maximum Gasteiger partial charge on any atom is 0.335 e. The van der Waals surface area contributed by atoms with Crippen LogP contribution in [0.15, 0.2) is 24.3 Å². The first-order valence-electron chi connectivity index (χ1n) is 5.17. The zero-order valence-electron chi connectivity index (χ0n) is 8.39. The summed E-state index contributed by atoms with van der Waals surface area (Å²) in [5.74, 6) is -0.451. The van der Waals surface area contributed by atoms with E-state index in [1.54, 1.807) is 24.3 Å². The molecule has 1 aromatic rings. The highest BCUT2D eigenvalue weighted by atomic mass is 16.4. The molecule has 0 aromatic heterocycles. The van der Waals surface area contributed by atoms with Crippen molar-refractivity contribution in [3.05, 3.63) is 35.4 Å². The largest absolute Gasteiger partial charge is 0.478 e. The van der Waals surface area contributed by atoms with E-state index in [0.29, 0.717) is 17.9 Å². The normalized spacial score (nSPS) is 17.4. The quantitative estimate of drug-likeness (QED) is 0.788. The second-order valence-corrected chi connectivity index (χ2v) is 4.11. The number of hydrogen-bond acceptors (Lipinski definition) is 2. The number of carbonyl (C=O) groups is 1. The number of aliphatic hydroxyl groups is 1. The van der Waals surface area contributed by atoms with Crippen LogP contribution in [0.1, 0.15) is 28.8 Å². The van der Waals surface area contributed by atoms with Gasteiger partial charge in [-0.1, -0.05) is 12.1 Å². The van der Waals surface area contributed by atoms with Crippen LogP contribution in [-0.4, -0.2) is 22.3 Å². The highest BCUT2D eigenvalue weighted by Gasteiger charge is 2.29. The van der Waals surface area contributed by atoms with Gasteiger partial charge in [0.15, 0.2) is 0 Å². The highest BCUT2D eigenvalue weighted by Crippen LogP contribution is 2.33. The first-order chi connectivity index (χ1) is 7.16. The summed E-state index contributed by atoms with van der Waals surface area (Å²) in [5, 5.41) is 18.4. The van der Waals surface area contributed by atoms with Gasteiger partial charge in [-0.15, -0.1) is 0 Å². The molecule has 2 N–H and O–H groups in total. The lowest BCUT2D eigenvalue weighted by Crippen LogP contribution is -2.12. The molecule has 3 nitrogen and oxygen atoms in total. The van der Waals surface area contributed by atoms with Crippen LogP contribution in [-0.2, 0) is 6.42 Å². The Balaban J connectivity index is 1.99. The molecule has 0 bridgehead atoms. The second kappa shape index (κ2) is 4.03. The van der Waals surface area contributed by atoms with E-state index in [2.05, 4.69) is 0 Å². The van der Waals surface area contributed by atoms with Gasteiger partial charge in [-0.3, -0.25) is 0 Å². The van der Waals surface area contributed by atoms with Crippen LogP contribution >= 0.6 is 0 Å². The predicted octanol–water partition coefficient (Wildman–Crippen LogP) is 1.70. The van der Waals surface area contributed by atoms with Crippen molar-refractivity contribution in [2.75, 3.05) is 0 Å². The molecule has 1 aliphatic carbocycles. The standard InChI is InChI=1S/C12H14O3/c13-11(9-5-6-9)7-8-1-3-10(4-2-8)12(14)15/h1-4,9,11,13H,5-7H2,(H,14,15). The molecule has 80 valence electrons. The van der Waals surface area contributed by atoms with Crippen molar-refractivity contribution in [3.63, 3.8) is 0 Å². The van der Waals surface area contributed by atoms with Gasteiger partial charge in [0, 0.05) is 0 Å². The minimum Gasteiger partial charge on any atom is -0.478 e. The second-order valence-electron chi connectivity index (χ2n) is 4.11. The molecular weight excluding hydrogens is 192 g/mol. The van der Waals surface area contributed by atoms with E-state index in [1.807, 2.05) is 0 Å². The Bertz CT molecular complexity index is 352. The van der Waals surface area contributed by atoms with E-state index < -0.39 is 5.97 Å². The van der Waals surface area contributed by atoms with Crippen LogP contribution in [0, 0.1) is 5.92 Å². The molecule has 1 aromatic carbocycles. The molecule has 0 radical (unpaired) electrons. The van der Waals surface area contributed by atoms with E-state index in [9.17, 15) is 9.90 Å². The fraction of sp³-hybridized carbons (Fsp3) is 0.417. The molecule has 1 aliphatic rings. The van der Waals surface area contributed by atoms with Gasteiger partial charge in [-0.05, 0) is 42.9 Å². The van der Waals surface area contributed by atoms with E-state index in [-0.39, 0.29) is 6.10 Å². The molecule has 0 heterocycles. The minimum atomic E-state index is -0.913. The summed E-state index contributed by atoms with van der Waals surface area (Å²) >= 11 is 0. The summed E-state index contributed by atoms with van der Waals surface area (Å²) in [7, 11) is 0. The van der Waals surface area contributed by atoms with Crippen molar-refractivity contribution in [2.24, 2.45) is 5.92 Å². The third-order valence-corrected chi connectivity index (χ3v) is 2.81. The Labute approximate surface area is 88.4 Å². The molecule has 3 heteroatoms. The van der Waals surface area contributed by atoms with Crippen molar-refractivity contribution in [1.82, 2.24) is 0 Å². The smallest absolute Gasteiger partial charge is 0.335 e. The Hall–Kier alpha value is -1.35. The summed E-state index contributed by atoms with van der Waals surface area (Å²) in [4.78, 5) is 10.6. The summed E-state index contributed by atoms with van der Waals surface area (Å²) in [6, 6.07) is 6.71. The average molecular weight is 206 g/mol. The minimum absolute atomic E-state index is 0.263. The summed E-state index contributed by atoms with van der Waals surface area (Å²) in [6.07, 6.45) is 2.61. The van der Waals surface area contributed by atoms with Crippen molar-refractivity contribution in [1.29, 1.82) is 0 Å². The Morgan fingerprint density at radius 1 is 1.33 bits per heavy atom. The van der Waals surface area contributed by atoms with Gasteiger partial charge in [-0.25, -0.2) is 4.79 Å². The van der Waals surface area contributed by atoms with E-state index in [0.717, 1.165) is 18.4 Å². The molecule has 2 rings (SSSR count). The molecule has 1 unspecified atom stereocenters. The topological polar surface area (TPSA) is 57.5 Å². The van der Waals surface area contributed by atoms with Crippen molar-refractivity contribution < 1.29 is 15.0 Å². The Morgan fingerprint density at radius 2 is 1.93 bits per heavy atom. The SMILES string of the molecule is O=C(O)c1ccc(CC(O)C2CC2)cc1. The van der Waals surface area contributed by atoms with Gasteiger partial charge in [0.25, 0.3) is 0 Å². The van der Waals surface area contributed by atoms with Gasteiger partial charge < -0.3 is 10.2 Å². The van der Waals surface area contributed by atoms with Crippen molar-refractivity contribution in [3.8, 4) is 0 Å². The molecule has 1 fully saturated rings. The zero-order valence-corrected chi connectivity index (χ0v) is 8.39. The molecule has 15 heavy (non-hydrogen) atoms. The van der Waals surface area contributed by atoms with Gasteiger partial charge in [0.2, 0.25) is 0 Å². The summed E-state index contributed by atoms with van der Waals surface area (Å²) in [5.41, 5.74) is 1.29. The summed E-state index contributed by atoms with van der Waals surface area (Å²) < 4.78 is 0. The van der Waals surface area contributed by atoms with Gasteiger partial charge in [-0.2, -0.15) is 0 Å². The first-order valence-corrected chi connectivity index (χ1v) is 5.17. The third-order valence-electron chi connectivity index (χ3n) is 2.81. The van der Waals surface area contributed by atoms with Gasteiger partial charge in [0.05, 0.1) is 11.7 Å². The van der Waals surface area contributed by atoms with Crippen molar-refractivity contribution >= 4 is 5.97 Å². The molecule has 0 amide bonds. The monoisotopic (exact) mass is 206 g/mol. The number of benzene rings is 1. The van der Waals surface area contributed by atoms with Crippen LogP contribution < -0.4 is 0 Å². The van der Waals surface area contributed by atoms with Crippen LogP contribution in [0.3, 0.4) is 0 Å². The highest BCUT2D eigenvalue weighted by molar-refractivity contribution is 5.87. The number of carboxylic acids is 1. The number of aromatic carboxylic acids is 1. The molecule has 0 saturated heterocycles. The van der Waals surface area contributed by atoms with Gasteiger partial charge >= 0.3 is 5.97 Å². The van der Waals surface area contributed by atoms with Crippen LogP contribution in [0.2, 0.25) is 0 Å². The third kappa shape index (κ3) is 2.57. The van der Waals surface area contributed by atoms with E-state index in [1.165, 1.54) is 0 Å². The molecule has 1 saturated carbocycles. The molecule has 0 aliphatic heterocycles. The lowest BCUT2D eigenvalue weighted by Gasteiger charge is -2.08.